The lowest BCUT2D eigenvalue weighted by molar-refractivity contribution is -0.144. The number of rotatable bonds is 4. The summed E-state index contributed by atoms with van der Waals surface area (Å²) in [5.74, 6) is -0.230. The van der Waals surface area contributed by atoms with Gasteiger partial charge in [-0.15, -0.1) is 0 Å². The van der Waals surface area contributed by atoms with E-state index in [-0.39, 0.29) is 25.3 Å². The summed E-state index contributed by atoms with van der Waals surface area (Å²) in [7, 11) is 0. The van der Waals surface area contributed by atoms with Crippen molar-refractivity contribution in [1.29, 1.82) is 0 Å². The van der Waals surface area contributed by atoms with Crippen molar-refractivity contribution in [3.63, 3.8) is 0 Å². The van der Waals surface area contributed by atoms with Gasteiger partial charge in [0, 0.05) is 6.42 Å². The lowest BCUT2D eigenvalue weighted by Gasteiger charge is -1.98. The van der Waals surface area contributed by atoms with Gasteiger partial charge in [-0.05, 0) is 6.42 Å². The first-order chi connectivity index (χ1) is 4.31. The van der Waals surface area contributed by atoms with Crippen LogP contribution in [0.2, 0.25) is 0 Å². The number of carbonyl (C=O) groups is 1. The van der Waals surface area contributed by atoms with Crippen molar-refractivity contribution in [1.82, 2.24) is 6.15 Å². The second kappa shape index (κ2) is 8.39. The van der Waals surface area contributed by atoms with Crippen LogP contribution in [0.15, 0.2) is 0 Å². The molecule has 0 atom stereocenters. The highest BCUT2D eigenvalue weighted by molar-refractivity contribution is 5.69. The molecule has 0 saturated heterocycles. The Bertz CT molecular complexity index is 85.1. The maximum atomic E-state index is 10.5. The maximum absolute atomic E-state index is 10.5. The van der Waals surface area contributed by atoms with E-state index in [9.17, 15) is 4.79 Å². The highest BCUT2D eigenvalue weighted by Crippen LogP contribution is 1.89. The molecular weight excluding hydrogens is 134 g/mol. The predicted molar refractivity (Wildman–Crippen MR) is 38.0 cm³/mol. The van der Waals surface area contributed by atoms with Crippen LogP contribution in [0, 0.1) is 0 Å². The summed E-state index contributed by atoms with van der Waals surface area (Å²) in [6, 6.07) is 0. The summed E-state index contributed by atoms with van der Waals surface area (Å²) < 4.78 is 4.54. The van der Waals surface area contributed by atoms with E-state index in [1.807, 2.05) is 6.92 Å². The van der Waals surface area contributed by atoms with Gasteiger partial charge in [0.25, 0.3) is 0 Å². The van der Waals surface area contributed by atoms with E-state index in [1.54, 1.807) is 0 Å². The molecule has 0 aliphatic heterocycles. The molecule has 0 aliphatic rings. The van der Waals surface area contributed by atoms with Crippen LogP contribution >= 0.6 is 0 Å². The molecule has 62 valence electrons. The molecule has 0 aromatic carbocycles. The molecule has 0 aromatic rings. The molecule has 4 N–H and O–H groups in total. The molecule has 0 saturated carbocycles. The fourth-order valence-electron chi connectivity index (χ4n) is 0.436. The Morgan fingerprint density at radius 1 is 1.60 bits per heavy atom. The van der Waals surface area contributed by atoms with Crippen LogP contribution in [-0.2, 0) is 9.53 Å². The highest BCUT2D eigenvalue weighted by Gasteiger charge is 1.97. The third-order valence-corrected chi connectivity index (χ3v) is 0.808. The van der Waals surface area contributed by atoms with Gasteiger partial charge in [-0.2, -0.15) is 0 Å². The van der Waals surface area contributed by atoms with E-state index in [2.05, 4.69) is 4.74 Å². The van der Waals surface area contributed by atoms with Crippen LogP contribution in [0.3, 0.4) is 0 Å². The maximum Gasteiger partial charge on any atom is 0.305 e. The van der Waals surface area contributed by atoms with Crippen molar-refractivity contribution < 1.29 is 14.6 Å². The van der Waals surface area contributed by atoms with Gasteiger partial charge in [-0.1, -0.05) is 6.92 Å². The van der Waals surface area contributed by atoms with E-state index in [4.69, 9.17) is 5.11 Å². The Balaban J connectivity index is 0. The van der Waals surface area contributed by atoms with Crippen LogP contribution in [0.1, 0.15) is 19.8 Å². The predicted octanol–water partition coefficient (Wildman–Crippen LogP) is 0.484. The lowest BCUT2D eigenvalue weighted by atomic mass is 10.3. The van der Waals surface area contributed by atoms with E-state index in [1.165, 1.54) is 0 Å². The van der Waals surface area contributed by atoms with Crippen molar-refractivity contribution in [3.05, 3.63) is 0 Å². The molecule has 0 bridgehead atoms. The summed E-state index contributed by atoms with van der Waals surface area (Å²) in [6.07, 6.45) is 1.24. The number of aliphatic hydroxyl groups excluding tert-OH is 1. The topological polar surface area (TPSA) is 81.5 Å². The quantitative estimate of drug-likeness (QED) is 0.570. The number of ether oxygens (including phenoxy) is 1. The first-order valence-corrected chi connectivity index (χ1v) is 3.07. The number of esters is 1. The van der Waals surface area contributed by atoms with E-state index >= 15 is 0 Å². The Morgan fingerprint density at radius 3 is 2.60 bits per heavy atom. The van der Waals surface area contributed by atoms with Crippen molar-refractivity contribution in [3.8, 4) is 0 Å². The van der Waals surface area contributed by atoms with E-state index in [0.29, 0.717) is 6.42 Å². The summed E-state index contributed by atoms with van der Waals surface area (Å²) in [5, 5.41) is 8.21. The molecule has 0 aromatic heterocycles. The van der Waals surface area contributed by atoms with Gasteiger partial charge in [0.2, 0.25) is 0 Å². The molecule has 0 spiro atoms. The Kier molecular flexibility index (Phi) is 10.2. The van der Waals surface area contributed by atoms with Gasteiger partial charge in [0.1, 0.15) is 6.61 Å². The molecule has 4 heteroatoms. The van der Waals surface area contributed by atoms with Gasteiger partial charge in [-0.3, -0.25) is 4.79 Å². The van der Waals surface area contributed by atoms with Gasteiger partial charge >= 0.3 is 5.97 Å². The van der Waals surface area contributed by atoms with E-state index in [0.717, 1.165) is 6.42 Å². The van der Waals surface area contributed by atoms with Gasteiger partial charge in [0.05, 0.1) is 6.61 Å². The summed E-state index contributed by atoms with van der Waals surface area (Å²) in [5.41, 5.74) is 0. The number of hydrogen-bond acceptors (Lipinski definition) is 4. The van der Waals surface area contributed by atoms with Crippen molar-refractivity contribution >= 4 is 5.97 Å². The minimum Gasteiger partial charge on any atom is -0.463 e. The Morgan fingerprint density at radius 2 is 2.20 bits per heavy atom. The van der Waals surface area contributed by atoms with Crippen molar-refractivity contribution in [2.75, 3.05) is 13.2 Å². The normalized spacial score (nSPS) is 8.20. The van der Waals surface area contributed by atoms with Crippen molar-refractivity contribution in [2.24, 2.45) is 0 Å². The summed E-state index contributed by atoms with van der Waals surface area (Å²) in [4.78, 5) is 10.5. The lowest BCUT2D eigenvalue weighted by Crippen LogP contribution is -2.07. The average Bonchev–Trinajstić information content (AvgIpc) is 1.85. The molecule has 0 amide bonds. The zero-order valence-electron chi connectivity index (χ0n) is 6.30. The third-order valence-electron chi connectivity index (χ3n) is 0.808. The standard InChI is InChI=1S/C6H12O3.H3N/c1-2-3-6(8)9-5-4-7;/h7H,2-5H2,1H3;1H3. The molecule has 0 rings (SSSR count). The van der Waals surface area contributed by atoms with E-state index < -0.39 is 0 Å². The first kappa shape index (κ1) is 12.1. The smallest absolute Gasteiger partial charge is 0.305 e. The highest BCUT2D eigenvalue weighted by atomic mass is 16.5. The van der Waals surface area contributed by atoms with Crippen molar-refractivity contribution in [2.45, 2.75) is 19.8 Å². The summed E-state index contributed by atoms with van der Waals surface area (Å²) >= 11 is 0. The molecule has 0 heterocycles. The van der Waals surface area contributed by atoms with Gasteiger partial charge in [-0.25, -0.2) is 0 Å². The van der Waals surface area contributed by atoms with Gasteiger partial charge < -0.3 is 16.0 Å². The van der Waals surface area contributed by atoms with Crippen LogP contribution in [0.25, 0.3) is 0 Å². The Labute approximate surface area is 60.8 Å². The fourth-order valence-corrected chi connectivity index (χ4v) is 0.436. The minimum absolute atomic E-state index is 0. The number of carbonyl (C=O) groups excluding carboxylic acids is 1. The third kappa shape index (κ3) is 7.39. The van der Waals surface area contributed by atoms with Crippen LogP contribution < -0.4 is 6.15 Å². The fraction of sp³-hybridized carbons (Fsp3) is 0.833. The zero-order chi connectivity index (χ0) is 7.11. The molecular formula is C6H15NO3. The molecule has 10 heavy (non-hydrogen) atoms. The number of hydrogen-bond donors (Lipinski definition) is 2. The molecule has 0 fully saturated rings. The molecule has 0 aliphatic carbocycles. The second-order valence-corrected chi connectivity index (χ2v) is 1.69. The Hall–Kier alpha value is -0.610. The number of aliphatic hydroxyl groups is 1. The zero-order valence-corrected chi connectivity index (χ0v) is 6.30. The SMILES string of the molecule is CCCC(=O)OCCO.N. The molecule has 0 unspecified atom stereocenters. The summed E-state index contributed by atoms with van der Waals surface area (Å²) in [6.45, 7) is 1.94. The van der Waals surface area contributed by atoms with Crippen LogP contribution in [0.4, 0.5) is 0 Å². The molecule has 4 nitrogen and oxygen atoms in total. The average molecular weight is 149 g/mol. The minimum atomic E-state index is -0.230. The second-order valence-electron chi connectivity index (χ2n) is 1.69. The first-order valence-electron chi connectivity index (χ1n) is 3.07. The largest absolute Gasteiger partial charge is 0.463 e. The van der Waals surface area contributed by atoms with Crippen LogP contribution in [0.5, 0.6) is 0 Å². The molecule has 0 radical (unpaired) electrons. The van der Waals surface area contributed by atoms with Gasteiger partial charge in [0.15, 0.2) is 0 Å². The van der Waals surface area contributed by atoms with Crippen LogP contribution in [-0.4, -0.2) is 24.3 Å². The monoisotopic (exact) mass is 149 g/mol.